The molecule has 0 bridgehead atoms. The number of rotatable bonds is 5. The Labute approximate surface area is 167 Å². The fourth-order valence-electron chi connectivity index (χ4n) is 3.23. The van der Waals surface area contributed by atoms with Crippen molar-refractivity contribution in [3.8, 4) is 11.5 Å². The molecule has 0 radical (unpaired) electrons. The minimum atomic E-state index is -0.0146. The van der Waals surface area contributed by atoms with Gasteiger partial charge in [0.05, 0.1) is 16.8 Å². The standard InChI is InChI=1S/C21H21N3O3S/c25-18-7-5-17(6-8-18)23-9-11-24(12-10-23)21(26)19-3-1-2-4-20(19)27-13-16-14-28-15-22-16/h1-8,14-15,25H,9-13H2. The number of carbonyl (C=O) groups is 1. The van der Waals surface area contributed by atoms with Gasteiger partial charge >= 0.3 is 0 Å². The molecule has 7 heteroatoms. The van der Waals surface area contributed by atoms with Crippen LogP contribution in [0.4, 0.5) is 5.69 Å². The lowest BCUT2D eigenvalue weighted by atomic mass is 10.1. The van der Waals surface area contributed by atoms with Crippen molar-refractivity contribution in [1.82, 2.24) is 9.88 Å². The number of phenolic OH excluding ortho intramolecular Hbond substituents is 1. The largest absolute Gasteiger partial charge is 0.508 e. The second-order valence-electron chi connectivity index (χ2n) is 6.56. The second-order valence-corrected chi connectivity index (χ2v) is 7.28. The average molecular weight is 395 g/mol. The van der Waals surface area contributed by atoms with Crippen LogP contribution in [0.1, 0.15) is 16.1 Å². The van der Waals surface area contributed by atoms with Crippen LogP contribution in [0, 0.1) is 0 Å². The average Bonchev–Trinajstić information content (AvgIpc) is 3.26. The number of hydrogen-bond donors (Lipinski definition) is 1. The van der Waals surface area contributed by atoms with Gasteiger partial charge in [-0.25, -0.2) is 4.98 Å². The van der Waals surface area contributed by atoms with Crippen molar-refractivity contribution in [1.29, 1.82) is 0 Å². The quantitative estimate of drug-likeness (QED) is 0.717. The highest BCUT2D eigenvalue weighted by atomic mass is 32.1. The zero-order valence-electron chi connectivity index (χ0n) is 15.3. The summed E-state index contributed by atoms with van der Waals surface area (Å²) in [6.45, 7) is 3.12. The van der Waals surface area contributed by atoms with E-state index in [1.165, 1.54) is 11.3 Å². The Morgan fingerprint density at radius 1 is 1.07 bits per heavy atom. The molecule has 28 heavy (non-hydrogen) atoms. The fourth-order valence-corrected chi connectivity index (χ4v) is 3.77. The molecule has 2 heterocycles. The van der Waals surface area contributed by atoms with E-state index in [-0.39, 0.29) is 11.7 Å². The van der Waals surface area contributed by atoms with E-state index in [1.54, 1.807) is 17.6 Å². The number of anilines is 1. The summed E-state index contributed by atoms with van der Waals surface area (Å²) in [6.07, 6.45) is 0. The van der Waals surface area contributed by atoms with E-state index in [0.717, 1.165) is 24.5 Å². The van der Waals surface area contributed by atoms with Crippen molar-refractivity contribution >= 4 is 22.9 Å². The normalized spacial score (nSPS) is 14.1. The maximum atomic E-state index is 13.1. The molecule has 1 aromatic heterocycles. The summed E-state index contributed by atoms with van der Waals surface area (Å²) in [5.41, 5.74) is 4.26. The number of aromatic nitrogens is 1. The first-order valence-corrected chi connectivity index (χ1v) is 10.1. The van der Waals surface area contributed by atoms with Crippen molar-refractivity contribution in [3.63, 3.8) is 0 Å². The second kappa shape index (κ2) is 8.31. The summed E-state index contributed by atoms with van der Waals surface area (Å²) in [6, 6.07) is 14.5. The molecule has 0 saturated carbocycles. The fraction of sp³-hybridized carbons (Fsp3) is 0.238. The first-order chi connectivity index (χ1) is 13.7. The van der Waals surface area contributed by atoms with Gasteiger partial charge in [-0.3, -0.25) is 4.79 Å². The van der Waals surface area contributed by atoms with Gasteiger partial charge in [0.1, 0.15) is 18.1 Å². The summed E-state index contributed by atoms with van der Waals surface area (Å²) in [7, 11) is 0. The van der Waals surface area contributed by atoms with Gasteiger partial charge in [0.2, 0.25) is 0 Å². The third-order valence-corrected chi connectivity index (χ3v) is 5.39. The van der Waals surface area contributed by atoms with Crippen LogP contribution in [-0.2, 0) is 6.61 Å². The number of carbonyl (C=O) groups excluding carboxylic acids is 1. The SMILES string of the molecule is O=C(c1ccccc1OCc1cscn1)N1CCN(c2ccc(O)cc2)CC1. The van der Waals surface area contributed by atoms with Crippen molar-refractivity contribution in [2.75, 3.05) is 31.1 Å². The summed E-state index contributed by atoms with van der Waals surface area (Å²) >= 11 is 1.52. The molecule has 1 aliphatic heterocycles. The van der Waals surface area contributed by atoms with Crippen LogP contribution in [0.25, 0.3) is 0 Å². The zero-order valence-corrected chi connectivity index (χ0v) is 16.1. The third-order valence-electron chi connectivity index (χ3n) is 4.76. The third kappa shape index (κ3) is 4.09. The summed E-state index contributed by atoms with van der Waals surface area (Å²) in [5, 5.41) is 11.4. The van der Waals surface area contributed by atoms with Crippen molar-refractivity contribution in [2.24, 2.45) is 0 Å². The molecule has 1 amide bonds. The number of hydrogen-bond acceptors (Lipinski definition) is 6. The molecule has 3 aromatic rings. The smallest absolute Gasteiger partial charge is 0.257 e. The monoisotopic (exact) mass is 395 g/mol. The number of amides is 1. The van der Waals surface area contributed by atoms with Gasteiger partial charge in [-0.1, -0.05) is 12.1 Å². The Morgan fingerprint density at radius 3 is 2.54 bits per heavy atom. The number of phenols is 1. The number of nitrogens with zero attached hydrogens (tertiary/aromatic N) is 3. The van der Waals surface area contributed by atoms with Crippen LogP contribution in [0.3, 0.4) is 0 Å². The molecule has 0 spiro atoms. The Morgan fingerprint density at radius 2 is 1.82 bits per heavy atom. The molecule has 6 nitrogen and oxygen atoms in total. The number of thiazole rings is 1. The first kappa shape index (κ1) is 18.3. The van der Waals surface area contributed by atoms with E-state index < -0.39 is 0 Å². The van der Waals surface area contributed by atoms with E-state index in [2.05, 4.69) is 9.88 Å². The summed E-state index contributed by atoms with van der Waals surface area (Å²) in [5.74, 6) is 0.826. The molecule has 1 aliphatic rings. The molecule has 4 rings (SSSR count). The van der Waals surface area contributed by atoms with Crippen molar-refractivity contribution in [3.05, 3.63) is 70.7 Å². The van der Waals surface area contributed by atoms with Crippen LogP contribution in [0.15, 0.2) is 59.4 Å². The van der Waals surface area contributed by atoms with Gasteiger partial charge in [0, 0.05) is 37.2 Å². The van der Waals surface area contributed by atoms with Crippen LogP contribution in [0.2, 0.25) is 0 Å². The molecule has 1 N–H and O–H groups in total. The minimum absolute atomic E-state index is 0.0146. The van der Waals surface area contributed by atoms with Crippen LogP contribution in [-0.4, -0.2) is 47.1 Å². The Hall–Kier alpha value is -3.06. The molecule has 2 aromatic carbocycles. The topological polar surface area (TPSA) is 65.9 Å². The highest BCUT2D eigenvalue weighted by molar-refractivity contribution is 7.07. The lowest BCUT2D eigenvalue weighted by Gasteiger charge is -2.36. The molecule has 1 fully saturated rings. The van der Waals surface area contributed by atoms with Gasteiger partial charge < -0.3 is 19.6 Å². The van der Waals surface area contributed by atoms with Crippen LogP contribution >= 0.6 is 11.3 Å². The van der Waals surface area contributed by atoms with Crippen molar-refractivity contribution < 1.29 is 14.6 Å². The summed E-state index contributed by atoms with van der Waals surface area (Å²) in [4.78, 5) is 21.3. The number of piperazine rings is 1. The lowest BCUT2D eigenvalue weighted by molar-refractivity contribution is 0.0742. The molecular formula is C21H21N3O3S. The highest BCUT2D eigenvalue weighted by Gasteiger charge is 2.24. The van der Waals surface area contributed by atoms with E-state index >= 15 is 0 Å². The maximum Gasteiger partial charge on any atom is 0.257 e. The molecule has 1 saturated heterocycles. The van der Waals surface area contributed by atoms with Crippen LogP contribution < -0.4 is 9.64 Å². The van der Waals surface area contributed by atoms with Crippen molar-refractivity contribution in [2.45, 2.75) is 6.61 Å². The summed E-state index contributed by atoms with van der Waals surface area (Å²) < 4.78 is 5.86. The number of aromatic hydroxyl groups is 1. The van der Waals surface area contributed by atoms with E-state index in [9.17, 15) is 9.90 Å². The Kier molecular flexibility index (Phi) is 5.43. The molecule has 144 valence electrons. The molecule has 0 aliphatic carbocycles. The van der Waals surface area contributed by atoms with E-state index in [1.807, 2.05) is 46.7 Å². The predicted molar refractivity (Wildman–Crippen MR) is 109 cm³/mol. The van der Waals surface area contributed by atoms with Gasteiger partial charge in [-0.2, -0.15) is 0 Å². The highest BCUT2D eigenvalue weighted by Crippen LogP contribution is 2.24. The molecular weight excluding hydrogens is 374 g/mol. The Balaban J connectivity index is 1.40. The number of benzene rings is 2. The Bertz CT molecular complexity index is 920. The van der Waals surface area contributed by atoms with Gasteiger partial charge in [-0.15, -0.1) is 11.3 Å². The maximum absolute atomic E-state index is 13.1. The minimum Gasteiger partial charge on any atom is -0.508 e. The van der Waals surface area contributed by atoms with Gasteiger partial charge in [0.25, 0.3) is 5.91 Å². The molecule has 0 atom stereocenters. The first-order valence-electron chi connectivity index (χ1n) is 9.13. The molecule has 0 unspecified atom stereocenters. The van der Waals surface area contributed by atoms with Crippen LogP contribution in [0.5, 0.6) is 11.5 Å². The van der Waals surface area contributed by atoms with E-state index in [4.69, 9.17) is 4.74 Å². The van der Waals surface area contributed by atoms with E-state index in [0.29, 0.717) is 31.0 Å². The zero-order chi connectivity index (χ0) is 19.3. The predicted octanol–water partition coefficient (Wildman–Crippen LogP) is 3.39. The van der Waals surface area contributed by atoms with Gasteiger partial charge in [0.15, 0.2) is 0 Å². The number of ether oxygens (including phenoxy) is 1. The van der Waals surface area contributed by atoms with Gasteiger partial charge in [-0.05, 0) is 36.4 Å². The number of para-hydroxylation sites is 1. The lowest BCUT2D eigenvalue weighted by Crippen LogP contribution is -2.48.